The molecule has 0 radical (unpaired) electrons. The van der Waals surface area contributed by atoms with Crippen LogP contribution in [-0.4, -0.2) is 38.1 Å². The van der Waals surface area contributed by atoms with Gasteiger partial charge in [0.2, 0.25) is 11.8 Å². The highest BCUT2D eigenvalue weighted by Gasteiger charge is 2.36. The van der Waals surface area contributed by atoms with E-state index in [1.807, 2.05) is 24.3 Å². The highest BCUT2D eigenvalue weighted by molar-refractivity contribution is 6.02. The number of hydrogen-bond donors (Lipinski definition) is 1. The Morgan fingerprint density at radius 2 is 2.16 bits per heavy atom. The Balaban J connectivity index is 2.14. The zero-order valence-electron chi connectivity index (χ0n) is 11.2. The van der Waals surface area contributed by atoms with Crippen LogP contribution in [0.1, 0.15) is 12.5 Å². The van der Waals surface area contributed by atoms with Crippen LogP contribution in [0.2, 0.25) is 0 Å². The molecule has 0 aromatic heterocycles. The highest BCUT2D eigenvalue weighted by Crippen LogP contribution is 2.31. The number of methoxy groups -OCH3 is 1. The molecule has 1 aliphatic heterocycles. The van der Waals surface area contributed by atoms with Gasteiger partial charge in [-0.05, 0) is 11.6 Å². The van der Waals surface area contributed by atoms with Crippen molar-refractivity contribution in [1.82, 2.24) is 5.32 Å². The molecule has 1 heterocycles. The molecule has 0 spiro atoms. The zero-order valence-corrected chi connectivity index (χ0v) is 11.2. The fraction of sp³-hybridized carbons (Fsp3) is 0.429. The normalized spacial score (nSPS) is 17.2. The van der Waals surface area contributed by atoms with Crippen molar-refractivity contribution in [3.05, 3.63) is 29.8 Å². The molecule has 0 fully saturated rings. The van der Waals surface area contributed by atoms with E-state index in [4.69, 9.17) is 4.74 Å². The quantitative estimate of drug-likeness (QED) is 0.814. The molecule has 1 aliphatic rings. The summed E-state index contributed by atoms with van der Waals surface area (Å²) in [7, 11) is 1.58. The van der Waals surface area contributed by atoms with Crippen LogP contribution in [0.25, 0.3) is 0 Å². The lowest BCUT2D eigenvalue weighted by molar-refractivity contribution is -0.125. The molecular weight excluding hydrogens is 244 g/mol. The van der Waals surface area contributed by atoms with E-state index in [9.17, 15) is 9.59 Å². The number of carbonyl (C=O) groups excluding carboxylic acids is 2. The molecule has 5 nitrogen and oxygen atoms in total. The predicted molar refractivity (Wildman–Crippen MR) is 72.0 cm³/mol. The minimum atomic E-state index is -0.452. The Kier molecular flexibility index (Phi) is 4.16. The Hall–Kier alpha value is -1.88. The first-order chi connectivity index (χ1) is 9.15. The smallest absolute Gasteiger partial charge is 0.243 e. The van der Waals surface area contributed by atoms with Crippen LogP contribution in [0.3, 0.4) is 0 Å². The Morgan fingerprint density at radius 1 is 1.42 bits per heavy atom. The van der Waals surface area contributed by atoms with Gasteiger partial charge in [-0.25, -0.2) is 0 Å². The molecule has 1 N–H and O–H groups in total. The number of anilines is 1. The fourth-order valence-corrected chi connectivity index (χ4v) is 2.38. The molecule has 0 bridgehead atoms. The van der Waals surface area contributed by atoms with Gasteiger partial charge in [0, 0.05) is 32.7 Å². The number of ether oxygens (including phenoxy) is 1. The number of rotatable bonds is 4. The molecule has 1 atom stereocenters. The minimum Gasteiger partial charge on any atom is -0.383 e. The predicted octanol–water partition coefficient (Wildman–Crippen LogP) is 0.727. The molecule has 1 aromatic rings. The molecule has 0 saturated carbocycles. The number of para-hydroxylation sites is 1. The van der Waals surface area contributed by atoms with Crippen molar-refractivity contribution in [3.63, 3.8) is 0 Å². The largest absolute Gasteiger partial charge is 0.383 e. The first-order valence-corrected chi connectivity index (χ1v) is 6.29. The molecule has 2 rings (SSSR count). The van der Waals surface area contributed by atoms with Crippen LogP contribution in [-0.2, 0) is 20.7 Å². The monoisotopic (exact) mass is 262 g/mol. The van der Waals surface area contributed by atoms with Gasteiger partial charge in [-0.1, -0.05) is 18.2 Å². The summed E-state index contributed by atoms with van der Waals surface area (Å²) in [4.78, 5) is 25.5. The van der Waals surface area contributed by atoms with Gasteiger partial charge in [0.15, 0.2) is 0 Å². The second-order valence-electron chi connectivity index (χ2n) is 4.52. The summed E-state index contributed by atoms with van der Waals surface area (Å²) in [5.41, 5.74) is 1.87. The maximum atomic E-state index is 12.1. The van der Waals surface area contributed by atoms with Crippen LogP contribution in [0.15, 0.2) is 24.3 Å². The molecule has 5 heteroatoms. The van der Waals surface area contributed by atoms with Crippen molar-refractivity contribution in [3.8, 4) is 0 Å². The first-order valence-electron chi connectivity index (χ1n) is 6.29. The van der Waals surface area contributed by atoms with Crippen molar-refractivity contribution in [1.29, 1.82) is 0 Å². The van der Waals surface area contributed by atoms with Gasteiger partial charge in [-0.3, -0.25) is 14.5 Å². The molecule has 2 amide bonds. The molecule has 0 saturated heterocycles. The van der Waals surface area contributed by atoms with Crippen LogP contribution >= 0.6 is 0 Å². The van der Waals surface area contributed by atoms with Gasteiger partial charge >= 0.3 is 0 Å². The third kappa shape index (κ3) is 2.76. The van der Waals surface area contributed by atoms with Crippen LogP contribution in [0, 0.1) is 0 Å². The number of nitrogens with one attached hydrogen (secondary N) is 1. The Bertz CT molecular complexity index is 487. The van der Waals surface area contributed by atoms with E-state index in [-0.39, 0.29) is 11.8 Å². The number of nitrogens with zero attached hydrogens (tertiary/aromatic N) is 1. The summed E-state index contributed by atoms with van der Waals surface area (Å²) in [6.45, 7) is 2.40. The van der Waals surface area contributed by atoms with Crippen molar-refractivity contribution >= 4 is 17.5 Å². The maximum absolute atomic E-state index is 12.1. The van der Waals surface area contributed by atoms with Crippen molar-refractivity contribution in [2.75, 3.05) is 25.2 Å². The highest BCUT2D eigenvalue weighted by atomic mass is 16.5. The average Bonchev–Trinajstić information content (AvgIpc) is 2.78. The van der Waals surface area contributed by atoms with E-state index in [0.717, 1.165) is 11.3 Å². The summed E-state index contributed by atoms with van der Waals surface area (Å²) < 4.78 is 4.90. The molecule has 102 valence electrons. The van der Waals surface area contributed by atoms with Crippen molar-refractivity contribution < 1.29 is 14.3 Å². The minimum absolute atomic E-state index is 0.114. The maximum Gasteiger partial charge on any atom is 0.243 e. The van der Waals surface area contributed by atoms with E-state index < -0.39 is 6.04 Å². The summed E-state index contributed by atoms with van der Waals surface area (Å²) in [5, 5.41) is 2.79. The lowest BCUT2D eigenvalue weighted by Crippen LogP contribution is -2.48. The topological polar surface area (TPSA) is 58.6 Å². The SMILES string of the molecule is COCCNC(=O)C1Cc2ccccc2N1C(C)=O. The third-order valence-corrected chi connectivity index (χ3v) is 3.22. The number of hydrogen-bond acceptors (Lipinski definition) is 3. The number of amides is 2. The van der Waals surface area contributed by atoms with E-state index in [1.165, 1.54) is 6.92 Å². The first kappa shape index (κ1) is 13.5. The van der Waals surface area contributed by atoms with Crippen LogP contribution in [0.4, 0.5) is 5.69 Å². The number of benzene rings is 1. The standard InChI is InChI=1S/C14H18N2O3/c1-10(17)16-12-6-4-3-5-11(12)9-13(16)14(18)15-7-8-19-2/h3-6,13H,7-9H2,1-2H3,(H,15,18). The molecule has 19 heavy (non-hydrogen) atoms. The van der Waals surface area contributed by atoms with Crippen molar-refractivity contribution in [2.24, 2.45) is 0 Å². The molecule has 1 unspecified atom stereocenters. The lowest BCUT2D eigenvalue weighted by atomic mass is 10.1. The molecule has 1 aromatic carbocycles. The summed E-state index contributed by atoms with van der Waals surface area (Å²) in [6, 6.07) is 7.17. The van der Waals surface area contributed by atoms with Gasteiger partial charge in [0.05, 0.1) is 6.61 Å². The summed E-state index contributed by atoms with van der Waals surface area (Å²) in [6.07, 6.45) is 0.564. The van der Waals surface area contributed by atoms with E-state index in [2.05, 4.69) is 5.32 Å². The average molecular weight is 262 g/mol. The zero-order chi connectivity index (χ0) is 13.8. The van der Waals surface area contributed by atoms with Crippen molar-refractivity contribution in [2.45, 2.75) is 19.4 Å². The summed E-state index contributed by atoms with van der Waals surface area (Å²) >= 11 is 0. The second kappa shape index (κ2) is 5.84. The van der Waals surface area contributed by atoms with E-state index in [0.29, 0.717) is 19.6 Å². The van der Waals surface area contributed by atoms with Gasteiger partial charge in [-0.2, -0.15) is 0 Å². The molecule has 0 aliphatic carbocycles. The second-order valence-corrected chi connectivity index (χ2v) is 4.52. The molecular formula is C14H18N2O3. The lowest BCUT2D eigenvalue weighted by Gasteiger charge is -2.23. The number of carbonyl (C=O) groups is 2. The van der Waals surface area contributed by atoms with E-state index >= 15 is 0 Å². The summed E-state index contributed by atoms with van der Waals surface area (Å²) in [5.74, 6) is -0.250. The van der Waals surface area contributed by atoms with Gasteiger partial charge < -0.3 is 10.1 Å². The van der Waals surface area contributed by atoms with E-state index in [1.54, 1.807) is 12.0 Å². The third-order valence-electron chi connectivity index (χ3n) is 3.22. The Labute approximate surface area is 112 Å². The number of fused-ring (bicyclic) bond motifs is 1. The fourth-order valence-electron chi connectivity index (χ4n) is 2.38. The van der Waals surface area contributed by atoms with Crippen LogP contribution in [0.5, 0.6) is 0 Å². The van der Waals surface area contributed by atoms with Gasteiger partial charge in [0.25, 0.3) is 0 Å². The van der Waals surface area contributed by atoms with Gasteiger partial charge in [0.1, 0.15) is 6.04 Å². The van der Waals surface area contributed by atoms with Crippen LogP contribution < -0.4 is 10.2 Å². The van der Waals surface area contributed by atoms with Gasteiger partial charge in [-0.15, -0.1) is 0 Å². The Morgan fingerprint density at radius 3 is 2.84 bits per heavy atom.